The molecular formula is C12H17N3O5S. The fourth-order valence-corrected chi connectivity index (χ4v) is 2.73. The summed E-state index contributed by atoms with van der Waals surface area (Å²) < 4.78 is 28.2. The van der Waals surface area contributed by atoms with Crippen LogP contribution in [0.1, 0.15) is 13.3 Å². The van der Waals surface area contributed by atoms with Gasteiger partial charge in [-0.3, -0.25) is 10.1 Å². The van der Waals surface area contributed by atoms with Crippen molar-refractivity contribution >= 4 is 15.7 Å². The first kappa shape index (κ1) is 15.7. The van der Waals surface area contributed by atoms with Crippen molar-refractivity contribution in [1.82, 2.24) is 5.32 Å². The lowest BCUT2D eigenvalue weighted by Crippen LogP contribution is -2.42. The van der Waals surface area contributed by atoms with Crippen molar-refractivity contribution < 1.29 is 18.1 Å². The Morgan fingerprint density at radius 1 is 1.48 bits per heavy atom. The highest BCUT2D eigenvalue weighted by Crippen LogP contribution is 2.31. The molecule has 0 spiro atoms. The van der Waals surface area contributed by atoms with Gasteiger partial charge in [-0.15, -0.1) is 0 Å². The Labute approximate surface area is 122 Å². The summed E-state index contributed by atoms with van der Waals surface area (Å²) in [6, 6.07) is 3.41. The van der Waals surface area contributed by atoms with Gasteiger partial charge >= 0.3 is 5.69 Å². The highest BCUT2D eigenvalue weighted by molar-refractivity contribution is 7.89. The predicted molar refractivity (Wildman–Crippen MR) is 75.5 cm³/mol. The molecule has 1 aliphatic rings. The summed E-state index contributed by atoms with van der Waals surface area (Å²) in [5.74, 6) is 0.303. The van der Waals surface area contributed by atoms with E-state index in [2.05, 4.69) is 5.32 Å². The smallest absolute Gasteiger partial charge is 0.312 e. The summed E-state index contributed by atoms with van der Waals surface area (Å²) in [4.78, 5) is 10.1. The molecule has 116 valence electrons. The van der Waals surface area contributed by atoms with Crippen molar-refractivity contribution in [1.29, 1.82) is 0 Å². The number of piperidine rings is 1. The van der Waals surface area contributed by atoms with E-state index < -0.39 is 20.6 Å². The van der Waals surface area contributed by atoms with E-state index in [0.717, 1.165) is 19.0 Å². The van der Waals surface area contributed by atoms with E-state index in [-0.39, 0.29) is 22.7 Å². The topological polar surface area (TPSA) is 125 Å². The molecule has 8 nitrogen and oxygen atoms in total. The van der Waals surface area contributed by atoms with Gasteiger partial charge in [0.15, 0.2) is 5.75 Å². The molecule has 0 radical (unpaired) electrons. The summed E-state index contributed by atoms with van der Waals surface area (Å²) in [5, 5.41) is 19.2. The van der Waals surface area contributed by atoms with Gasteiger partial charge in [0.05, 0.1) is 9.82 Å². The van der Waals surface area contributed by atoms with Gasteiger partial charge in [0.25, 0.3) is 0 Å². The molecule has 0 amide bonds. The van der Waals surface area contributed by atoms with Crippen LogP contribution in [0, 0.1) is 16.0 Å². The average Bonchev–Trinajstić information content (AvgIpc) is 2.40. The lowest BCUT2D eigenvalue weighted by atomic mass is 9.97. The first-order chi connectivity index (χ1) is 9.79. The summed E-state index contributed by atoms with van der Waals surface area (Å²) in [5.41, 5.74) is -0.403. The Kier molecular flexibility index (Phi) is 4.45. The van der Waals surface area contributed by atoms with Crippen molar-refractivity contribution in [3.63, 3.8) is 0 Å². The van der Waals surface area contributed by atoms with Crippen LogP contribution in [0.15, 0.2) is 23.1 Å². The zero-order valence-corrected chi connectivity index (χ0v) is 12.3. The van der Waals surface area contributed by atoms with E-state index in [0.29, 0.717) is 6.54 Å². The standard InChI is InChI=1S/C12H17N3O5S/c1-8-4-5-14-7-12(8)20-11-3-2-9(21(13,18)19)6-10(11)15(16)17/h2-3,6,8,12,14H,4-5,7H2,1H3,(H2,13,18,19). The minimum absolute atomic E-state index is 0.0490. The fourth-order valence-electron chi connectivity index (χ4n) is 2.20. The molecule has 1 fully saturated rings. The Bertz CT molecular complexity index is 646. The fraction of sp³-hybridized carbons (Fsp3) is 0.500. The highest BCUT2D eigenvalue weighted by Gasteiger charge is 2.27. The van der Waals surface area contributed by atoms with E-state index in [9.17, 15) is 18.5 Å². The Morgan fingerprint density at radius 2 is 2.19 bits per heavy atom. The molecule has 2 unspecified atom stereocenters. The molecule has 1 aromatic carbocycles. The number of sulfonamides is 1. The van der Waals surface area contributed by atoms with Crippen LogP contribution >= 0.6 is 0 Å². The van der Waals surface area contributed by atoms with Crippen LogP contribution in [-0.4, -0.2) is 32.5 Å². The van der Waals surface area contributed by atoms with E-state index in [4.69, 9.17) is 9.88 Å². The number of nitrogens with two attached hydrogens (primary N) is 1. The molecule has 1 saturated heterocycles. The molecule has 2 rings (SSSR count). The molecular weight excluding hydrogens is 298 g/mol. The first-order valence-corrected chi connectivity index (χ1v) is 8.02. The zero-order valence-electron chi connectivity index (χ0n) is 11.5. The zero-order chi connectivity index (χ0) is 15.6. The molecule has 0 aromatic heterocycles. The number of nitro groups is 1. The summed E-state index contributed by atoms with van der Waals surface area (Å²) in [6.45, 7) is 3.48. The quantitative estimate of drug-likeness (QED) is 0.620. The minimum atomic E-state index is -3.99. The molecule has 0 saturated carbocycles. The molecule has 9 heteroatoms. The third kappa shape index (κ3) is 3.69. The first-order valence-electron chi connectivity index (χ1n) is 6.47. The van der Waals surface area contributed by atoms with Gasteiger partial charge in [-0.1, -0.05) is 6.92 Å². The number of hydrogen-bond donors (Lipinski definition) is 2. The number of nitro benzene ring substituents is 1. The maximum atomic E-state index is 11.3. The van der Waals surface area contributed by atoms with Crippen LogP contribution in [0.3, 0.4) is 0 Å². The number of nitrogens with zero attached hydrogens (tertiary/aromatic N) is 1. The van der Waals surface area contributed by atoms with Gasteiger partial charge in [-0.2, -0.15) is 0 Å². The van der Waals surface area contributed by atoms with Gasteiger partial charge in [0.2, 0.25) is 10.0 Å². The average molecular weight is 315 g/mol. The van der Waals surface area contributed by atoms with Crippen LogP contribution in [0.2, 0.25) is 0 Å². The van der Waals surface area contributed by atoms with Gasteiger partial charge < -0.3 is 10.1 Å². The van der Waals surface area contributed by atoms with Crippen LogP contribution in [0.4, 0.5) is 5.69 Å². The Balaban J connectivity index is 2.32. The van der Waals surface area contributed by atoms with Gasteiger partial charge in [-0.25, -0.2) is 13.6 Å². The summed E-state index contributed by atoms with van der Waals surface area (Å²) in [6.07, 6.45) is 0.714. The second-order valence-electron chi connectivity index (χ2n) is 5.06. The number of benzene rings is 1. The Morgan fingerprint density at radius 3 is 2.76 bits per heavy atom. The Hall–Kier alpha value is -1.71. The normalized spacial score (nSPS) is 22.8. The maximum Gasteiger partial charge on any atom is 0.312 e. The van der Waals surface area contributed by atoms with Crippen LogP contribution < -0.4 is 15.2 Å². The third-order valence-corrected chi connectivity index (χ3v) is 4.40. The van der Waals surface area contributed by atoms with E-state index in [1.54, 1.807) is 0 Å². The number of nitrogens with one attached hydrogen (secondary N) is 1. The maximum absolute atomic E-state index is 11.3. The van der Waals surface area contributed by atoms with Crippen molar-refractivity contribution in [3.8, 4) is 5.75 Å². The van der Waals surface area contributed by atoms with E-state index in [1.165, 1.54) is 12.1 Å². The van der Waals surface area contributed by atoms with Crippen molar-refractivity contribution in [2.75, 3.05) is 13.1 Å². The second kappa shape index (κ2) is 5.96. The van der Waals surface area contributed by atoms with Crippen molar-refractivity contribution in [2.45, 2.75) is 24.3 Å². The number of hydrogen-bond acceptors (Lipinski definition) is 6. The van der Waals surface area contributed by atoms with E-state index in [1.807, 2.05) is 6.92 Å². The molecule has 2 atom stereocenters. The third-order valence-electron chi connectivity index (χ3n) is 3.49. The van der Waals surface area contributed by atoms with Gasteiger partial charge in [-0.05, 0) is 31.0 Å². The predicted octanol–water partition coefficient (Wildman–Crippen LogP) is 0.619. The minimum Gasteiger partial charge on any atom is -0.482 e. The summed E-state index contributed by atoms with van der Waals surface area (Å²) in [7, 11) is -3.99. The monoisotopic (exact) mass is 315 g/mol. The largest absolute Gasteiger partial charge is 0.482 e. The van der Waals surface area contributed by atoms with Crippen molar-refractivity contribution in [2.24, 2.45) is 11.1 Å². The molecule has 21 heavy (non-hydrogen) atoms. The molecule has 0 aliphatic carbocycles. The molecule has 1 aromatic rings. The summed E-state index contributed by atoms with van der Waals surface area (Å²) >= 11 is 0. The number of ether oxygens (including phenoxy) is 1. The van der Waals surface area contributed by atoms with E-state index >= 15 is 0 Å². The van der Waals surface area contributed by atoms with Crippen LogP contribution in [0.25, 0.3) is 0 Å². The highest BCUT2D eigenvalue weighted by atomic mass is 32.2. The molecule has 1 heterocycles. The lowest BCUT2D eigenvalue weighted by Gasteiger charge is -2.29. The van der Waals surface area contributed by atoms with Gasteiger partial charge in [0, 0.05) is 12.6 Å². The van der Waals surface area contributed by atoms with Crippen LogP contribution in [0.5, 0.6) is 5.75 Å². The lowest BCUT2D eigenvalue weighted by molar-refractivity contribution is -0.386. The SMILES string of the molecule is CC1CCNCC1Oc1ccc(S(N)(=O)=O)cc1[N+](=O)[O-]. The van der Waals surface area contributed by atoms with Crippen molar-refractivity contribution in [3.05, 3.63) is 28.3 Å². The van der Waals surface area contributed by atoms with Gasteiger partial charge in [0.1, 0.15) is 6.10 Å². The second-order valence-corrected chi connectivity index (χ2v) is 6.62. The van der Waals surface area contributed by atoms with Crippen LogP contribution in [-0.2, 0) is 10.0 Å². The molecule has 3 N–H and O–H groups in total. The molecule has 0 bridgehead atoms. The number of primary sulfonamides is 1. The number of rotatable bonds is 4. The molecule has 1 aliphatic heterocycles.